The van der Waals surface area contributed by atoms with Gasteiger partial charge in [0.2, 0.25) is 0 Å². The lowest BCUT2D eigenvalue weighted by molar-refractivity contribution is -0.504. The molecule has 0 spiro atoms. The third kappa shape index (κ3) is 2.60. The summed E-state index contributed by atoms with van der Waals surface area (Å²) in [5.41, 5.74) is 3.25. The molecule has 7 heteroatoms. The Balaban J connectivity index is 1.96. The maximum Gasteiger partial charge on any atom is 0.333 e. The number of urea groups is 1. The quantitative estimate of drug-likeness (QED) is 0.775. The van der Waals surface area contributed by atoms with Gasteiger partial charge in [-0.1, -0.05) is 6.07 Å². The summed E-state index contributed by atoms with van der Waals surface area (Å²) in [6.45, 7) is 4.06. The van der Waals surface area contributed by atoms with Crippen LogP contribution in [0.2, 0.25) is 0 Å². The molecular formula is C19H23N4O3+. The molecule has 0 bridgehead atoms. The number of rotatable bonds is 3. The van der Waals surface area contributed by atoms with Crippen LogP contribution in [0.1, 0.15) is 16.7 Å². The molecule has 3 amide bonds. The SMILES string of the molecule is COc1ccc(C=CC2=[N+](C)C3C(=O)N(C)C(=O)N(C)C3=N2)c(C)c1C. The van der Waals surface area contributed by atoms with E-state index in [0.29, 0.717) is 11.7 Å². The molecule has 1 unspecified atom stereocenters. The lowest BCUT2D eigenvalue weighted by Gasteiger charge is -2.29. The summed E-state index contributed by atoms with van der Waals surface area (Å²) in [6, 6.07) is 2.98. The maximum absolute atomic E-state index is 12.5. The number of hydrogen-bond donors (Lipinski definition) is 0. The summed E-state index contributed by atoms with van der Waals surface area (Å²) in [5, 5.41) is 0. The molecule has 0 aromatic heterocycles. The molecule has 2 heterocycles. The summed E-state index contributed by atoms with van der Waals surface area (Å²) in [6.07, 6.45) is 3.83. The molecule has 1 aromatic carbocycles. The van der Waals surface area contributed by atoms with Crippen LogP contribution >= 0.6 is 0 Å². The number of ether oxygens (including phenoxy) is 1. The zero-order chi connectivity index (χ0) is 19.2. The molecule has 0 saturated carbocycles. The maximum atomic E-state index is 12.5. The van der Waals surface area contributed by atoms with E-state index in [2.05, 4.69) is 4.99 Å². The second kappa shape index (κ2) is 6.40. The van der Waals surface area contributed by atoms with Crippen molar-refractivity contribution in [1.29, 1.82) is 0 Å². The Labute approximate surface area is 152 Å². The Hall–Kier alpha value is -2.96. The number of methoxy groups -OCH3 is 1. The van der Waals surface area contributed by atoms with Crippen LogP contribution in [0.25, 0.3) is 6.08 Å². The van der Waals surface area contributed by atoms with E-state index in [-0.39, 0.29) is 11.9 Å². The number of carbonyl (C=O) groups excluding carboxylic acids is 2. The predicted octanol–water partition coefficient (Wildman–Crippen LogP) is 1.67. The van der Waals surface area contributed by atoms with Crippen molar-refractivity contribution < 1.29 is 18.9 Å². The van der Waals surface area contributed by atoms with Gasteiger partial charge in [-0.25, -0.2) is 9.37 Å². The van der Waals surface area contributed by atoms with Gasteiger partial charge in [-0.3, -0.25) is 14.6 Å². The number of benzene rings is 1. The van der Waals surface area contributed by atoms with Crippen LogP contribution in [-0.2, 0) is 4.79 Å². The summed E-state index contributed by atoms with van der Waals surface area (Å²) in [4.78, 5) is 31.6. The monoisotopic (exact) mass is 355 g/mol. The molecule has 0 aliphatic carbocycles. The topological polar surface area (TPSA) is 65.2 Å². The molecule has 136 valence electrons. The first-order valence-corrected chi connectivity index (χ1v) is 8.33. The van der Waals surface area contributed by atoms with Gasteiger partial charge in [0.15, 0.2) is 0 Å². The molecule has 1 aromatic rings. The van der Waals surface area contributed by atoms with Gasteiger partial charge < -0.3 is 4.74 Å². The number of likely N-dealkylation sites (N-methyl/N-ethyl adjacent to an activating group) is 3. The number of hydrogen-bond acceptors (Lipinski definition) is 4. The van der Waals surface area contributed by atoms with E-state index in [1.165, 1.54) is 11.9 Å². The number of nitrogens with zero attached hydrogens (tertiary/aromatic N) is 4. The largest absolute Gasteiger partial charge is 0.496 e. The highest BCUT2D eigenvalue weighted by atomic mass is 16.5. The predicted molar refractivity (Wildman–Crippen MR) is 99.8 cm³/mol. The average Bonchev–Trinajstić information content (AvgIpc) is 2.96. The number of amides is 3. The lowest BCUT2D eigenvalue weighted by Crippen LogP contribution is -2.61. The van der Waals surface area contributed by atoms with Crippen molar-refractivity contribution in [3.8, 4) is 5.75 Å². The van der Waals surface area contributed by atoms with Gasteiger partial charge in [0.05, 0.1) is 14.2 Å². The number of fused-ring (bicyclic) bond motifs is 1. The first kappa shape index (κ1) is 17.8. The van der Waals surface area contributed by atoms with Crippen molar-refractivity contribution in [1.82, 2.24) is 9.80 Å². The smallest absolute Gasteiger partial charge is 0.333 e. The Morgan fingerprint density at radius 1 is 1.12 bits per heavy atom. The fourth-order valence-corrected chi connectivity index (χ4v) is 3.24. The number of amidine groups is 2. The summed E-state index contributed by atoms with van der Waals surface area (Å²) >= 11 is 0. The van der Waals surface area contributed by atoms with Crippen molar-refractivity contribution in [2.75, 3.05) is 28.3 Å². The number of carbonyl (C=O) groups is 2. The zero-order valence-electron chi connectivity index (χ0n) is 15.9. The highest BCUT2D eigenvalue weighted by molar-refractivity contribution is 6.23. The normalized spacial score (nSPS) is 20.2. The Kier molecular flexibility index (Phi) is 4.39. The van der Waals surface area contributed by atoms with E-state index in [0.717, 1.165) is 27.3 Å². The standard InChI is InChI=1S/C19H23N4O3/c1-11-12(2)14(26-6)9-7-13(11)8-10-15-20-17-16(21(15)3)18(24)23(5)19(25)22(17)4/h7-10,16H,1-6H3/q+1. The molecule has 0 radical (unpaired) electrons. The van der Waals surface area contributed by atoms with Crippen molar-refractivity contribution in [3.63, 3.8) is 0 Å². The molecule has 3 rings (SSSR count). The van der Waals surface area contributed by atoms with E-state index < -0.39 is 6.04 Å². The summed E-state index contributed by atoms with van der Waals surface area (Å²) < 4.78 is 7.14. The minimum absolute atomic E-state index is 0.269. The Morgan fingerprint density at radius 2 is 1.81 bits per heavy atom. The minimum Gasteiger partial charge on any atom is -0.496 e. The molecular weight excluding hydrogens is 332 g/mol. The third-order valence-corrected chi connectivity index (χ3v) is 5.12. The van der Waals surface area contributed by atoms with E-state index in [9.17, 15) is 9.59 Å². The molecule has 1 saturated heterocycles. The first-order chi connectivity index (χ1) is 12.3. The molecule has 2 aliphatic rings. The van der Waals surface area contributed by atoms with Crippen LogP contribution in [-0.4, -0.2) is 72.3 Å². The highest BCUT2D eigenvalue weighted by Gasteiger charge is 2.51. The summed E-state index contributed by atoms with van der Waals surface area (Å²) in [7, 11) is 6.59. The highest BCUT2D eigenvalue weighted by Crippen LogP contribution is 2.25. The molecule has 1 fully saturated rings. The number of aliphatic imine (C=N–C) groups is 1. The molecule has 0 N–H and O–H groups in total. The fraction of sp³-hybridized carbons (Fsp3) is 0.368. The van der Waals surface area contributed by atoms with Gasteiger partial charge in [-0.2, -0.15) is 0 Å². The van der Waals surface area contributed by atoms with Gasteiger partial charge in [0, 0.05) is 20.2 Å². The van der Waals surface area contributed by atoms with Crippen LogP contribution in [0.4, 0.5) is 4.79 Å². The number of imide groups is 1. The van der Waals surface area contributed by atoms with Crippen molar-refractivity contribution in [3.05, 3.63) is 34.9 Å². The fourth-order valence-electron chi connectivity index (χ4n) is 3.24. The van der Waals surface area contributed by atoms with Crippen LogP contribution in [0.5, 0.6) is 5.75 Å². The van der Waals surface area contributed by atoms with Crippen molar-refractivity contribution in [2.24, 2.45) is 4.99 Å². The first-order valence-electron chi connectivity index (χ1n) is 8.33. The zero-order valence-corrected chi connectivity index (χ0v) is 15.9. The van der Waals surface area contributed by atoms with Crippen molar-refractivity contribution in [2.45, 2.75) is 19.9 Å². The second-order valence-corrected chi connectivity index (χ2v) is 6.52. The van der Waals surface area contributed by atoms with Gasteiger partial charge in [0.25, 0.3) is 17.8 Å². The van der Waals surface area contributed by atoms with Gasteiger partial charge in [0.1, 0.15) is 5.75 Å². The average molecular weight is 355 g/mol. The van der Waals surface area contributed by atoms with Crippen LogP contribution in [0.3, 0.4) is 0 Å². The summed E-state index contributed by atoms with van der Waals surface area (Å²) in [5.74, 6) is 1.68. The van der Waals surface area contributed by atoms with Gasteiger partial charge >= 0.3 is 11.9 Å². The molecule has 1 atom stereocenters. The van der Waals surface area contributed by atoms with Gasteiger partial charge in [-0.05, 0) is 47.7 Å². The van der Waals surface area contributed by atoms with Crippen LogP contribution < -0.4 is 4.74 Å². The van der Waals surface area contributed by atoms with E-state index in [1.54, 1.807) is 18.7 Å². The van der Waals surface area contributed by atoms with Crippen molar-refractivity contribution >= 4 is 29.7 Å². The van der Waals surface area contributed by atoms with E-state index in [1.807, 2.05) is 45.2 Å². The Morgan fingerprint density at radius 3 is 2.46 bits per heavy atom. The lowest BCUT2D eigenvalue weighted by atomic mass is 10.0. The van der Waals surface area contributed by atoms with E-state index in [4.69, 9.17) is 4.74 Å². The van der Waals surface area contributed by atoms with E-state index >= 15 is 0 Å². The molecule has 26 heavy (non-hydrogen) atoms. The van der Waals surface area contributed by atoms with Crippen LogP contribution in [0, 0.1) is 13.8 Å². The third-order valence-electron chi connectivity index (χ3n) is 5.12. The molecule has 2 aliphatic heterocycles. The molecule has 7 nitrogen and oxygen atoms in total. The van der Waals surface area contributed by atoms with Gasteiger partial charge in [-0.15, -0.1) is 0 Å². The van der Waals surface area contributed by atoms with Crippen LogP contribution in [0.15, 0.2) is 23.2 Å². The Bertz CT molecular complexity index is 898. The second-order valence-electron chi connectivity index (χ2n) is 6.52. The minimum atomic E-state index is -0.568.